The molecule has 0 saturated carbocycles. The Bertz CT molecular complexity index is 532. The van der Waals surface area contributed by atoms with Crippen LogP contribution < -0.4 is 10.1 Å². The van der Waals surface area contributed by atoms with Gasteiger partial charge in [0.1, 0.15) is 11.9 Å². The van der Waals surface area contributed by atoms with Crippen molar-refractivity contribution in [2.24, 2.45) is 5.92 Å². The summed E-state index contributed by atoms with van der Waals surface area (Å²) in [5.41, 5.74) is 1.25. The first-order valence-electron chi connectivity index (χ1n) is 7.30. The molecule has 1 aromatic heterocycles. The molecule has 3 rings (SSSR count). The minimum Gasteiger partial charge on any atom is -0.485 e. The highest BCUT2D eigenvalue weighted by molar-refractivity contribution is 7.10. The summed E-state index contributed by atoms with van der Waals surface area (Å²) in [6, 6.07) is 12.7. The molecular weight excluding hydrogens is 266 g/mol. The molecule has 2 aromatic rings. The van der Waals surface area contributed by atoms with Gasteiger partial charge in [0, 0.05) is 10.8 Å². The summed E-state index contributed by atoms with van der Waals surface area (Å²) in [6.45, 7) is 4.31. The SMILES string of the molecule is Cc1cccc(OC(c2cccs2)C2CCNCC2)c1. The maximum absolute atomic E-state index is 6.36. The van der Waals surface area contributed by atoms with Crippen molar-refractivity contribution < 1.29 is 4.74 Å². The van der Waals surface area contributed by atoms with Crippen LogP contribution in [0, 0.1) is 12.8 Å². The van der Waals surface area contributed by atoms with Gasteiger partial charge in [0.05, 0.1) is 0 Å². The number of hydrogen-bond donors (Lipinski definition) is 1. The summed E-state index contributed by atoms with van der Waals surface area (Å²) in [5.74, 6) is 1.59. The van der Waals surface area contributed by atoms with Gasteiger partial charge < -0.3 is 10.1 Å². The van der Waals surface area contributed by atoms with E-state index in [0.717, 1.165) is 18.8 Å². The number of thiophene rings is 1. The van der Waals surface area contributed by atoms with Crippen molar-refractivity contribution in [3.63, 3.8) is 0 Å². The van der Waals surface area contributed by atoms with Gasteiger partial charge >= 0.3 is 0 Å². The Balaban J connectivity index is 1.82. The Kier molecular flexibility index (Phi) is 4.38. The monoisotopic (exact) mass is 287 g/mol. The molecule has 1 N–H and O–H groups in total. The lowest BCUT2D eigenvalue weighted by molar-refractivity contribution is 0.115. The standard InChI is InChI=1S/C17H21NOS/c1-13-4-2-5-15(12-13)19-17(16-6-3-11-20-16)14-7-9-18-10-8-14/h2-6,11-12,14,17-18H,7-10H2,1H3. The molecule has 1 aliphatic heterocycles. The average molecular weight is 287 g/mol. The number of ether oxygens (including phenoxy) is 1. The number of piperidine rings is 1. The van der Waals surface area contributed by atoms with Gasteiger partial charge in [-0.2, -0.15) is 0 Å². The molecule has 1 fully saturated rings. The molecule has 1 atom stereocenters. The highest BCUT2D eigenvalue weighted by Gasteiger charge is 2.27. The molecule has 1 saturated heterocycles. The smallest absolute Gasteiger partial charge is 0.136 e. The second-order valence-corrected chi connectivity index (χ2v) is 6.44. The molecule has 0 amide bonds. The lowest BCUT2D eigenvalue weighted by Crippen LogP contribution is -2.32. The molecule has 3 heteroatoms. The summed E-state index contributed by atoms with van der Waals surface area (Å²) in [5, 5.41) is 5.58. The van der Waals surface area contributed by atoms with Crippen LogP contribution in [0.15, 0.2) is 41.8 Å². The third kappa shape index (κ3) is 3.22. The van der Waals surface area contributed by atoms with Crippen LogP contribution in [0.3, 0.4) is 0 Å². The fraction of sp³-hybridized carbons (Fsp3) is 0.412. The van der Waals surface area contributed by atoms with Gasteiger partial charge in [-0.3, -0.25) is 0 Å². The molecule has 20 heavy (non-hydrogen) atoms. The lowest BCUT2D eigenvalue weighted by Gasteiger charge is -2.30. The van der Waals surface area contributed by atoms with Crippen LogP contribution in [-0.4, -0.2) is 13.1 Å². The molecule has 0 spiro atoms. The zero-order chi connectivity index (χ0) is 13.8. The fourth-order valence-corrected chi connectivity index (χ4v) is 3.67. The van der Waals surface area contributed by atoms with Gasteiger partial charge in [-0.15, -0.1) is 11.3 Å². The zero-order valence-corrected chi connectivity index (χ0v) is 12.7. The van der Waals surface area contributed by atoms with Crippen LogP contribution in [0.25, 0.3) is 0 Å². The molecular formula is C17H21NOS. The normalized spacial score (nSPS) is 17.9. The third-order valence-corrected chi connectivity index (χ3v) is 4.82. The molecule has 0 aliphatic carbocycles. The predicted octanol–water partition coefficient (Wildman–Crippen LogP) is 4.18. The molecule has 1 aliphatic rings. The largest absolute Gasteiger partial charge is 0.485 e. The summed E-state index contributed by atoms with van der Waals surface area (Å²) >= 11 is 1.80. The highest BCUT2D eigenvalue weighted by Crippen LogP contribution is 2.35. The van der Waals surface area contributed by atoms with E-state index in [9.17, 15) is 0 Å². The molecule has 0 radical (unpaired) electrons. The van der Waals surface area contributed by atoms with E-state index in [4.69, 9.17) is 4.74 Å². The quantitative estimate of drug-likeness (QED) is 0.911. The Morgan fingerprint density at radius 2 is 2.05 bits per heavy atom. The minimum atomic E-state index is 0.193. The second kappa shape index (κ2) is 6.42. The van der Waals surface area contributed by atoms with Gasteiger partial charge in [0.15, 0.2) is 0 Å². The Labute approximate surface area is 124 Å². The van der Waals surface area contributed by atoms with Gasteiger partial charge in [-0.05, 0) is 62.0 Å². The van der Waals surface area contributed by atoms with Crippen molar-refractivity contribution in [2.75, 3.05) is 13.1 Å². The van der Waals surface area contributed by atoms with Gasteiger partial charge in [-0.25, -0.2) is 0 Å². The van der Waals surface area contributed by atoms with Crippen LogP contribution >= 0.6 is 11.3 Å². The Morgan fingerprint density at radius 3 is 2.75 bits per heavy atom. The summed E-state index contributed by atoms with van der Waals surface area (Å²) < 4.78 is 6.36. The highest BCUT2D eigenvalue weighted by atomic mass is 32.1. The number of rotatable bonds is 4. The first-order valence-corrected chi connectivity index (χ1v) is 8.18. The Morgan fingerprint density at radius 1 is 1.20 bits per heavy atom. The van der Waals surface area contributed by atoms with Gasteiger partial charge in [-0.1, -0.05) is 18.2 Å². The summed E-state index contributed by atoms with van der Waals surface area (Å²) in [4.78, 5) is 1.35. The lowest BCUT2D eigenvalue weighted by atomic mass is 9.91. The van der Waals surface area contributed by atoms with Crippen LogP contribution in [0.4, 0.5) is 0 Å². The molecule has 1 aromatic carbocycles. The second-order valence-electron chi connectivity index (χ2n) is 5.46. The first kappa shape index (κ1) is 13.7. The van der Waals surface area contributed by atoms with E-state index in [1.165, 1.54) is 23.3 Å². The average Bonchev–Trinajstić information content (AvgIpc) is 3.00. The molecule has 1 unspecified atom stereocenters. The van der Waals surface area contributed by atoms with Crippen molar-refractivity contribution in [1.29, 1.82) is 0 Å². The van der Waals surface area contributed by atoms with E-state index in [1.54, 1.807) is 11.3 Å². The number of nitrogens with one attached hydrogen (secondary N) is 1. The predicted molar refractivity (Wildman–Crippen MR) is 84.5 cm³/mol. The molecule has 2 nitrogen and oxygen atoms in total. The maximum Gasteiger partial charge on any atom is 0.136 e. The molecule has 0 bridgehead atoms. The van der Waals surface area contributed by atoms with E-state index in [0.29, 0.717) is 5.92 Å². The van der Waals surface area contributed by atoms with E-state index >= 15 is 0 Å². The molecule has 2 heterocycles. The number of hydrogen-bond acceptors (Lipinski definition) is 3. The van der Waals surface area contributed by atoms with Crippen LogP contribution in [-0.2, 0) is 0 Å². The topological polar surface area (TPSA) is 21.3 Å². The van der Waals surface area contributed by atoms with Crippen molar-refractivity contribution >= 4 is 11.3 Å². The van der Waals surface area contributed by atoms with Crippen molar-refractivity contribution in [3.8, 4) is 5.75 Å². The van der Waals surface area contributed by atoms with E-state index in [1.807, 2.05) is 0 Å². The fourth-order valence-electron chi connectivity index (χ4n) is 2.82. The number of benzene rings is 1. The number of aryl methyl sites for hydroxylation is 1. The molecule has 106 valence electrons. The van der Waals surface area contributed by atoms with Gasteiger partial charge in [0.2, 0.25) is 0 Å². The summed E-state index contributed by atoms with van der Waals surface area (Å²) in [6.07, 6.45) is 2.57. The van der Waals surface area contributed by atoms with Crippen molar-refractivity contribution in [2.45, 2.75) is 25.9 Å². The van der Waals surface area contributed by atoms with Crippen LogP contribution in [0.2, 0.25) is 0 Å². The maximum atomic E-state index is 6.36. The van der Waals surface area contributed by atoms with Crippen LogP contribution in [0.5, 0.6) is 5.75 Å². The van der Waals surface area contributed by atoms with E-state index < -0.39 is 0 Å². The first-order chi connectivity index (χ1) is 9.83. The van der Waals surface area contributed by atoms with Crippen molar-refractivity contribution in [3.05, 3.63) is 52.2 Å². The minimum absolute atomic E-state index is 0.193. The third-order valence-electron chi connectivity index (χ3n) is 3.89. The van der Waals surface area contributed by atoms with E-state index in [2.05, 4.69) is 54.0 Å². The van der Waals surface area contributed by atoms with Crippen molar-refractivity contribution in [1.82, 2.24) is 5.32 Å². The van der Waals surface area contributed by atoms with E-state index in [-0.39, 0.29) is 6.10 Å². The van der Waals surface area contributed by atoms with Crippen LogP contribution in [0.1, 0.15) is 29.4 Å². The summed E-state index contributed by atoms with van der Waals surface area (Å²) in [7, 11) is 0. The zero-order valence-electron chi connectivity index (χ0n) is 11.8. The van der Waals surface area contributed by atoms with Gasteiger partial charge in [0.25, 0.3) is 0 Å². The Hall–Kier alpha value is -1.32.